The highest BCUT2D eigenvalue weighted by Gasteiger charge is 2.46. The fourth-order valence-corrected chi connectivity index (χ4v) is 1.26. The minimum atomic E-state index is -1.55. The maximum atomic E-state index is 11.2. The summed E-state index contributed by atoms with van der Waals surface area (Å²) in [6.45, 7) is 1.85. The smallest absolute Gasteiger partial charge is 0.267 e. The van der Waals surface area contributed by atoms with Crippen molar-refractivity contribution in [2.75, 3.05) is 7.05 Å². The quantitative estimate of drug-likeness (QED) is 0.481. The normalized spacial score (nSPS) is 37.5. The molecule has 1 aliphatic rings. The number of likely N-dealkylation sites (tertiary alicyclic amines) is 1. The van der Waals surface area contributed by atoms with Gasteiger partial charge in [0.05, 0.1) is 0 Å². The number of amides is 1. The molecule has 0 aromatic heterocycles. The van der Waals surface area contributed by atoms with E-state index < -0.39 is 5.60 Å². The molecule has 11 heavy (non-hydrogen) atoms. The van der Waals surface area contributed by atoms with Gasteiger partial charge in [-0.15, -0.1) is 6.42 Å². The molecule has 1 amide bonds. The molecule has 60 valence electrons. The van der Waals surface area contributed by atoms with Crippen molar-refractivity contribution >= 4 is 5.91 Å². The van der Waals surface area contributed by atoms with E-state index in [0.29, 0.717) is 6.42 Å². The van der Waals surface area contributed by atoms with Crippen molar-refractivity contribution in [3.05, 3.63) is 0 Å². The highest BCUT2D eigenvalue weighted by molar-refractivity contribution is 5.90. The fourth-order valence-electron chi connectivity index (χ4n) is 1.26. The Labute approximate surface area is 66.0 Å². The van der Waals surface area contributed by atoms with Gasteiger partial charge in [-0.05, 0) is 6.92 Å². The number of aliphatic hydroxyl groups is 1. The lowest BCUT2D eigenvalue weighted by Crippen LogP contribution is -2.37. The maximum absolute atomic E-state index is 11.2. The predicted octanol–water partition coefficient (Wildman–Crippen LogP) is -0.399. The minimum Gasteiger partial charge on any atom is -0.369 e. The van der Waals surface area contributed by atoms with Crippen LogP contribution in [-0.4, -0.2) is 34.6 Å². The van der Waals surface area contributed by atoms with Crippen molar-refractivity contribution < 1.29 is 9.90 Å². The molecule has 0 spiro atoms. The number of terminal acetylenes is 1. The van der Waals surface area contributed by atoms with E-state index in [1.807, 2.05) is 6.92 Å². The largest absolute Gasteiger partial charge is 0.369 e. The molecule has 1 unspecified atom stereocenters. The van der Waals surface area contributed by atoms with Crippen LogP contribution in [0.5, 0.6) is 0 Å². The molecule has 0 aromatic carbocycles. The Kier molecular flexibility index (Phi) is 1.65. The molecule has 2 atom stereocenters. The molecule has 0 aliphatic carbocycles. The van der Waals surface area contributed by atoms with Gasteiger partial charge in [0.15, 0.2) is 0 Å². The topological polar surface area (TPSA) is 40.5 Å². The standard InChI is InChI=1S/C8H11NO2/c1-4-8(11)5-6(2)9(3)7(8)10/h1,6,11H,5H2,2-3H3/t6-,8?/m0/s1. The van der Waals surface area contributed by atoms with E-state index in [0.717, 1.165) is 0 Å². The van der Waals surface area contributed by atoms with Crippen LogP contribution < -0.4 is 0 Å². The van der Waals surface area contributed by atoms with Crippen molar-refractivity contribution in [1.82, 2.24) is 4.90 Å². The maximum Gasteiger partial charge on any atom is 0.267 e. The summed E-state index contributed by atoms with van der Waals surface area (Å²) in [7, 11) is 1.64. The van der Waals surface area contributed by atoms with E-state index in [2.05, 4.69) is 5.92 Å². The Morgan fingerprint density at radius 3 is 2.64 bits per heavy atom. The summed E-state index contributed by atoms with van der Waals surface area (Å²) in [4.78, 5) is 12.7. The van der Waals surface area contributed by atoms with E-state index in [1.165, 1.54) is 4.90 Å². The van der Waals surface area contributed by atoms with Crippen molar-refractivity contribution in [2.24, 2.45) is 0 Å². The number of likely N-dealkylation sites (N-methyl/N-ethyl adjacent to an activating group) is 1. The molecule has 1 fully saturated rings. The fraction of sp³-hybridized carbons (Fsp3) is 0.625. The average Bonchev–Trinajstić information content (AvgIpc) is 2.17. The molecule has 1 rings (SSSR count). The number of hydrogen-bond donors (Lipinski definition) is 1. The Morgan fingerprint density at radius 2 is 2.45 bits per heavy atom. The van der Waals surface area contributed by atoms with Crippen LogP contribution in [0.15, 0.2) is 0 Å². The van der Waals surface area contributed by atoms with E-state index in [4.69, 9.17) is 6.42 Å². The van der Waals surface area contributed by atoms with Gasteiger partial charge >= 0.3 is 0 Å². The monoisotopic (exact) mass is 153 g/mol. The Bertz CT molecular complexity index is 231. The van der Waals surface area contributed by atoms with Gasteiger partial charge in [0, 0.05) is 19.5 Å². The van der Waals surface area contributed by atoms with Crippen LogP contribution in [0.1, 0.15) is 13.3 Å². The van der Waals surface area contributed by atoms with E-state index in [1.54, 1.807) is 7.05 Å². The second kappa shape index (κ2) is 2.24. The minimum absolute atomic E-state index is 0.0311. The SMILES string of the molecule is C#CC1(O)C[C@H](C)N(C)C1=O. The lowest BCUT2D eigenvalue weighted by atomic mass is 10.0. The Balaban J connectivity index is 2.93. The van der Waals surface area contributed by atoms with Gasteiger partial charge in [-0.2, -0.15) is 0 Å². The van der Waals surface area contributed by atoms with Crippen molar-refractivity contribution in [3.63, 3.8) is 0 Å². The molecular formula is C8H11NO2. The van der Waals surface area contributed by atoms with Crippen LogP contribution in [0.25, 0.3) is 0 Å². The Hall–Kier alpha value is -1.01. The van der Waals surface area contributed by atoms with Crippen LogP contribution in [0.4, 0.5) is 0 Å². The highest BCUT2D eigenvalue weighted by atomic mass is 16.3. The molecule has 3 nitrogen and oxygen atoms in total. The molecule has 1 N–H and O–H groups in total. The number of carbonyl (C=O) groups excluding carboxylic acids is 1. The first-order valence-electron chi connectivity index (χ1n) is 3.48. The lowest BCUT2D eigenvalue weighted by molar-refractivity contribution is -0.138. The summed E-state index contributed by atoms with van der Waals surface area (Å²) in [5.41, 5.74) is -1.55. The molecule has 3 heteroatoms. The van der Waals surface area contributed by atoms with Gasteiger partial charge in [0.25, 0.3) is 5.91 Å². The van der Waals surface area contributed by atoms with Crippen molar-refractivity contribution in [2.45, 2.75) is 25.0 Å². The van der Waals surface area contributed by atoms with E-state index in [9.17, 15) is 9.90 Å². The molecule has 0 saturated carbocycles. The molecule has 0 radical (unpaired) electrons. The van der Waals surface area contributed by atoms with E-state index >= 15 is 0 Å². The van der Waals surface area contributed by atoms with Crippen LogP contribution in [0.3, 0.4) is 0 Å². The summed E-state index contributed by atoms with van der Waals surface area (Å²) >= 11 is 0. The van der Waals surface area contributed by atoms with Crippen LogP contribution >= 0.6 is 0 Å². The van der Waals surface area contributed by atoms with Gasteiger partial charge in [0.2, 0.25) is 5.60 Å². The summed E-state index contributed by atoms with van der Waals surface area (Å²) in [5.74, 6) is 1.75. The number of rotatable bonds is 0. The molecule has 1 saturated heterocycles. The predicted molar refractivity (Wildman–Crippen MR) is 40.6 cm³/mol. The molecule has 1 aliphatic heterocycles. The van der Waals surface area contributed by atoms with Crippen LogP contribution in [-0.2, 0) is 4.79 Å². The van der Waals surface area contributed by atoms with Crippen LogP contribution in [0, 0.1) is 12.3 Å². The number of hydrogen-bond acceptors (Lipinski definition) is 2. The van der Waals surface area contributed by atoms with Crippen molar-refractivity contribution in [3.8, 4) is 12.3 Å². The summed E-state index contributed by atoms with van der Waals surface area (Å²) in [5, 5.41) is 9.48. The zero-order valence-corrected chi connectivity index (χ0v) is 6.66. The Morgan fingerprint density at radius 1 is 1.91 bits per heavy atom. The summed E-state index contributed by atoms with van der Waals surface area (Å²) in [6, 6.07) is 0.0311. The first-order valence-corrected chi connectivity index (χ1v) is 3.48. The van der Waals surface area contributed by atoms with Crippen LogP contribution in [0.2, 0.25) is 0 Å². The summed E-state index contributed by atoms with van der Waals surface area (Å²) < 4.78 is 0. The second-order valence-electron chi connectivity index (χ2n) is 2.97. The van der Waals surface area contributed by atoms with Crippen molar-refractivity contribution in [1.29, 1.82) is 0 Å². The highest BCUT2D eigenvalue weighted by Crippen LogP contribution is 2.25. The van der Waals surface area contributed by atoms with Gasteiger partial charge in [-0.1, -0.05) is 5.92 Å². The molecule has 0 aromatic rings. The third-order valence-electron chi connectivity index (χ3n) is 2.16. The number of carbonyl (C=O) groups is 1. The van der Waals surface area contributed by atoms with Gasteiger partial charge in [-0.25, -0.2) is 0 Å². The van der Waals surface area contributed by atoms with E-state index in [-0.39, 0.29) is 11.9 Å². The van der Waals surface area contributed by atoms with Gasteiger partial charge in [0.1, 0.15) is 0 Å². The average molecular weight is 153 g/mol. The zero-order valence-electron chi connectivity index (χ0n) is 6.66. The van der Waals surface area contributed by atoms with Gasteiger partial charge < -0.3 is 10.0 Å². The van der Waals surface area contributed by atoms with Gasteiger partial charge in [-0.3, -0.25) is 4.79 Å². The number of nitrogens with zero attached hydrogens (tertiary/aromatic N) is 1. The third-order valence-corrected chi connectivity index (χ3v) is 2.16. The first kappa shape index (κ1) is 8.09. The lowest BCUT2D eigenvalue weighted by Gasteiger charge is -2.14. The first-order chi connectivity index (χ1) is 5.01. The molecule has 1 heterocycles. The zero-order chi connectivity index (χ0) is 8.65. The molecular weight excluding hydrogens is 142 g/mol. The molecule has 0 bridgehead atoms. The second-order valence-corrected chi connectivity index (χ2v) is 2.97. The summed E-state index contributed by atoms with van der Waals surface area (Å²) in [6.07, 6.45) is 5.37. The third kappa shape index (κ3) is 0.997.